The van der Waals surface area contributed by atoms with E-state index in [1.807, 2.05) is 19.1 Å². The third kappa shape index (κ3) is 3.37. The maximum atomic E-state index is 9.07. The Labute approximate surface area is 81.6 Å². The van der Waals surface area contributed by atoms with Crippen LogP contribution in [0.2, 0.25) is 0 Å². The topological polar surface area (TPSA) is 20.2 Å². The van der Waals surface area contributed by atoms with Crippen LogP contribution < -0.4 is 0 Å². The highest BCUT2D eigenvalue weighted by Crippen LogP contribution is 2.13. The van der Waals surface area contributed by atoms with Crippen LogP contribution >= 0.6 is 15.9 Å². The quantitative estimate of drug-likeness (QED) is 0.844. The van der Waals surface area contributed by atoms with Gasteiger partial charge in [-0.3, -0.25) is 0 Å². The summed E-state index contributed by atoms with van der Waals surface area (Å²) in [5, 5.41) is 9.07. The molecule has 0 fully saturated rings. The molecule has 0 saturated heterocycles. The summed E-state index contributed by atoms with van der Waals surface area (Å²) in [6, 6.07) is 8.18. The van der Waals surface area contributed by atoms with Crippen LogP contribution in [0, 0.1) is 0 Å². The van der Waals surface area contributed by atoms with Gasteiger partial charge in [0.15, 0.2) is 0 Å². The van der Waals surface area contributed by atoms with E-state index in [9.17, 15) is 0 Å². The minimum absolute atomic E-state index is 0.205. The Kier molecular flexibility index (Phi) is 3.76. The summed E-state index contributed by atoms with van der Waals surface area (Å²) >= 11 is 3.41. The molecule has 1 aromatic rings. The van der Waals surface area contributed by atoms with Crippen LogP contribution in [0.25, 0.3) is 0 Å². The van der Waals surface area contributed by atoms with Crippen LogP contribution in [-0.2, 0) is 6.42 Å². The number of hydrogen-bond donors (Lipinski definition) is 1. The Morgan fingerprint density at radius 2 is 2.25 bits per heavy atom. The van der Waals surface area contributed by atoms with E-state index in [0.29, 0.717) is 0 Å². The number of hydrogen-bond acceptors (Lipinski definition) is 1. The van der Waals surface area contributed by atoms with Crippen LogP contribution in [0.5, 0.6) is 0 Å². The lowest BCUT2D eigenvalue weighted by Gasteiger charge is -2.03. The normalized spacial score (nSPS) is 12.9. The van der Waals surface area contributed by atoms with Crippen LogP contribution in [0.4, 0.5) is 0 Å². The van der Waals surface area contributed by atoms with Gasteiger partial charge in [-0.05, 0) is 37.5 Å². The molecule has 0 aliphatic heterocycles. The second-order valence-corrected chi connectivity index (χ2v) is 3.93. The lowest BCUT2D eigenvalue weighted by Crippen LogP contribution is -2.01. The second kappa shape index (κ2) is 4.63. The fourth-order valence-corrected chi connectivity index (χ4v) is 1.51. The maximum absolute atomic E-state index is 9.07. The third-order valence-electron chi connectivity index (χ3n) is 1.74. The molecule has 0 radical (unpaired) electrons. The Balaban J connectivity index is 2.52. The molecule has 66 valence electrons. The zero-order valence-electron chi connectivity index (χ0n) is 7.13. The molecular formula is C10H13BrO. The van der Waals surface area contributed by atoms with Crippen LogP contribution in [0.3, 0.4) is 0 Å². The summed E-state index contributed by atoms with van der Waals surface area (Å²) in [6.45, 7) is 1.82. The zero-order chi connectivity index (χ0) is 8.97. The third-order valence-corrected chi connectivity index (χ3v) is 2.23. The van der Waals surface area contributed by atoms with Gasteiger partial charge >= 0.3 is 0 Å². The van der Waals surface area contributed by atoms with Crippen LogP contribution in [-0.4, -0.2) is 11.2 Å². The summed E-state index contributed by atoms with van der Waals surface area (Å²) in [5.74, 6) is 0. The Morgan fingerprint density at radius 1 is 1.50 bits per heavy atom. The van der Waals surface area contributed by atoms with E-state index in [1.54, 1.807) is 0 Å². The van der Waals surface area contributed by atoms with Crippen molar-refractivity contribution in [1.29, 1.82) is 0 Å². The van der Waals surface area contributed by atoms with Gasteiger partial charge in [0.05, 0.1) is 6.10 Å². The molecule has 0 aliphatic carbocycles. The molecule has 0 saturated carbocycles. The fourth-order valence-electron chi connectivity index (χ4n) is 1.07. The van der Waals surface area contributed by atoms with Crippen molar-refractivity contribution < 1.29 is 5.11 Å². The van der Waals surface area contributed by atoms with Gasteiger partial charge in [0.25, 0.3) is 0 Å². The van der Waals surface area contributed by atoms with E-state index in [4.69, 9.17) is 5.11 Å². The Morgan fingerprint density at radius 3 is 2.83 bits per heavy atom. The van der Waals surface area contributed by atoms with E-state index in [0.717, 1.165) is 17.3 Å². The summed E-state index contributed by atoms with van der Waals surface area (Å²) in [5.41, 5.74) is 1.27. The second-order valence-electron chi connectivity index (χ2n) is 3.02. The van der Waals surface area contributed by atoms with E-state index >= 15 is 0 Å². The molecule has 1 atom stereocenters. The van der Waals surface area contributed by atoms with Gasteiger partial charge in [-0.2, -0.15) is 0 Å². The lowest BCUT2D eigenvalue weighted by atomic mass is 10.1. The molecule has 0 aromatic heterocycles. The predicted octanol–water partition coefficient (Wildman–Crippen LogP) is 2.76. The molecule has 1 nitrogen and oxygen atoms in total. The molecule has 1 N–H and O–H groups in total. The Bertz CT molecular complexity index is 245. The first-order valence-corrected chi connectivity index (χ1v) is 4.90. The molecule has 2 heteroatoms. The fraction of sp³-hybridized carbons (Fsp3) is 0.400. The first-order chi connectivity index (χ1) is 5.68. The molecule has 0 amide bonds. The SMILES string of the molecule is C[C@@H](O)CCc1cccc(Br)c1. The molecule has 1 aromatic carbocycles. The van der Waals surface area contributed by atoms with Gasteiger partial charge in [-0.1, -0.05) is 28.1 Å². The summed E-state index contributed by atoms with van der Waals surface area (Å²) in [6.07, 6.45) is 1.57. The van der Waals surface area contributed by atoms with Crippen molar-refractivity contribution in [2.24, 2.45) is 0 Å². The van der Waals surface area contributed by atoms with Crippen LogP contribution in [0.1, 0.15) is 18.9 Å². The van der Waals surface area contributed by atoms with Crippen molar-refractivity contribution in [3.63, 3.8) is 0 Å². The van der Waals surface area contributed by atoms with Crippen molar-refractivity contribution in [3.8, 4) is 0 Å². The molecule has 0 unspecified atom stereocenters. The largest absolute Gasteiger partial charge is 0.393 e. The number of halogens is 1. The molecule has 0 heterocycles. The summed E-state index contributed by atoms with van der Waals surface area (Å²) < 4.78 is 1.10. The highest BCUT2D eigenvalue weighted by Gasteiger charge is 1.97. The zero-order valence-corrected chi connectivity index (χ0v) is 8.71. The van der Waals surface area contributed by atoms with Crippen molar-refractivity contribution >= 4 is 15.9 Å². The van der Waals surface area contributed by atoms with Crippen molar-refractivity contribution in [1.82, 2.24) is 0 Å². The number of aliphatic hydroxyl groups excluding tert-OH is 1. The smallest absolute Gasteiger partial charge is 0.0515 e. The monoisotopic (exact) mass is 228 g/mol. The van der Waals surface area contributed by atoms with Crippen molar-refractivity contribution in [3.05, 3.63) is 34.3 Å². The van der Waals surface area contributed by atoms with Gasteiger partial charge in [0, 0.05) is 4.47 Å². The molecule has 0 bridgehead atoms. The number of aliphatic hydroxyl groups is 1. The number of aryl methyl sites for hydroxylation is 1. The number of benzene rings is 1. The van der Waals surface area contributed by atoms with Crippen LogP contribution in [0.15, 0.2) is 28.7 Å². The average Bonchev–Trinajstić information content (AvgIpc) is 2.01. The predicted molar refractivity (Wildman–Crippen MR) is 54.1 cm³/mol. The minimum atomic E-state index is -0.205. The number of rotatable bonds is 3. The molecular weight excluding hydrogens is 216 g/mol. The van der Waals surface area contributed by atoms with E-state index in [1.165, 1.54) is 5.56 Å². The summed E-state index contributed by atoms with van der Waals surface area (Å²) in [4.78, 5) is 0. The Hall–Kier alpha value is -0.340. The highest BCUT2D eigenvalue weighted by atomic mass is 79.9. The molecule has 0 aliphatic rings. The molecule has 12 heavy (non-hydrogen) atoms. The van der Waals surface area contributed by atoms with Crippen molar-refractivity contribution in [2.75, 3.05) is 0 Å². The standard InChI is InChI=1S/C10H13BrO/c1-8(12)5-6-9-3-2-4-10(11)7-9/h2-4,7-8,12H,5-6H2,1H3/t8-/m1/s1. The summed E-state index contributed by atoms with van der Waals surface area (Å²) in [7, 11) is 0. The van der Waals surface area contributed by atoms with E-state index in [-0.39, 0.29) is 6.10 Å². The van der Waals surface area contributed by atoms with Gasteiger partial charge in [0.2, 0.25) is 0 Å². The highest BCUT2D eigenvalue weighted by molar-refractivity contribution is 9.10. The first-order valence-electron chi connectivity index (χ1n) is 4.11. The van der Waals surface area contributed by atoms with Gasteiger partial charge in [0.1, 0.15) is 0 Å². The first kappa shape index (κ1) is 9.75. The van der Waals surface area contributed by atoms with E-state index in [2.05, 4.69) is 28.1 Å². The molecule has 0 spiro atoms. The maximum Gasteiger partial charge on any atom is 0.0515 e. The minimum Gasteiger partial charge on any atom is -0.393 e. The lowest BCUT2D eigenvalue weighted by molar-refractivity contribution is 0.185. The van der Waals surface area contributed by atoms with Gasteiger partial charge in [-0.15, -0.1) is 0 Å². The molecule has 1 rings (SSSR count). The van der Waals surface area contributed by atoms with Crippen molar-refractivity contribution in [2.45, 2.75) is 25.9 Å². The average molecular weight is 229 g/mol. The van der Waals surface area contributed by atoms with Gasteiger partial charge in [-0.25, -0.2) is 0 Å². The van der Waals surface area contributed by atoms with Gasteiger partial charge < -0.3 is 5.11 Å². The van der Waals surface area contributed by atoms with E-state index < -0.39 is 0 Å².